The monoisotopic (exact) mass is 250 g/mol. The molecule has 0 radical (unpaired) electrons. The summed E-state index contributed by atoms with van der Waals surface area (Å²) < 4.78 is 0. The van der Waals surface area contributed by atoms with Gasteiger partial charge in [0, 0.05) is 32.4 Å². The zero-order valence-corrected chi connectivity index (χ0v) is 10.4. The number of carbonyl (C=O) groups excluding carboxylic acids is 1. The smallest absolute Gasteiger partial charge is 0.269 e. The van der Waals surface area contributed by atoms with E-state index in [4.69, 9.17) is 5.84 Å². The van der Waals surface area contributed by atoms with Crippen LogP contribution in [-0.4, -0.2) is 54.0 Å². The fraction of sp³-hybridized carbons (Fsp3) is 0.455. The summed E-state index contributed by atoms with van der Waals surface area (Å²) in [6, 6.07) is 3.40. The fourth-order valence-corrected chi connectivity index (χ4v) is 1.83. The molecule has 4 N–H and O–H groups in total. The summed E-state index contributed by atoms with van der Waals surface area (Å²) in [7, 11) is 2.07. The molecule has 7 nitrogen and oxygen atoms in total. The van der Waals surface area contributed by atoms with E-state index in [-0.39, 0.29) is 5.91 Å². The quantitative estimate of drug-likeness (QED) is 0.484. The van der Waals surface area contributed by atoms with Crippen LogP contribution in [0.25, 0.3) is 0 Å². The van der Waals surface area contributed by atoms with Crippen LogP contribution in [0.1, 0.15) is 10.4 Å². The molecular formula is C11H18N6O. The number of hydrazine groups is 2. The Labute approximate surface area is 106 Å². The number of carbonyl (C=O) groups is 1. The van der Waals surface area contributed by atoms with Crippen LogP contribution < -0.4 is 16.7 Å². The van der Waals surface area contributed by atoms with Crippen LogP contribution in [0.4, 0.5) is 5.82 Å². The first kappa shape index (κ1) is 12.7. The lowest BCUT2D eigenvalue weighted by atomic mass is 10.2. The highest BCUT2D eigenvalue weighted by atomic mass is 16.2. The van der Waals surface area contributed by atoms with Crippen molar-refractivity contribution in [3.63, 3.8) is 0 Å². The standard InChI is InChI=1S/C11H18N6O/c1-16-5-7-17(8-6-16)15-11(18)9-3-2-4-13-10(9)14-12/h2-4H,5-8,12H2,1H3,(H,13,14)(H,15,18). The Morgan fingerprint density at radius 3 is 2.78 bits per heavy atom. The van der Waals surface area contributed by atoms with Gasteiger partial charge in [-0.15, -0.1) is 0 Å². The topological polar surface area (TPSA) is 86.5 Å². The Bertz CT molecular complexity index is 416. The Hall–Kier alpha value is -1.70. The number of pyridine rings is 1. The number of amides is 1. The molecule has 0 saturated carbocycles. The van der Waals surface area contributed by atoms with Crippen LogP contribution in [0, 0.1) is 0 Å². The molecule has 1 amide bonds. The van der Waals surface area contributed by atoms with Gasteiger partial charge in [-0.25, -0.2) is 15.8 Å². The Kier molecular flexibility index (Phi) is 4.08. The highest BCUT2D eigenvalue weighted by molar-refractivity contribution is 5.98. The van der Waals surface area contributed by atoms with Crippen molar-refractivity contribution in [2.75, 3.05) is 38.7 Å². The molecule has 7 heteroatoms. The number of aromatic nitrogens is 1. The van der Waals surface area contributed by atoms with Crippen LogP contribution in [0.5, 0.6) is 0 Å². The number of rotatable bonds is 3. The van der Waals surface area contributed by atoms with Gasteiger partial charge in [0.05, 0.1) is 5.56 Å². The number of hydrogen-bond acceptors (Lipinski definition) is 6. The molecule has 2 rings (SSSR count). The lowest BCUT2D eigenvalue weighted by Crippen LogP contribution is -2.52. The predicted molar refractivity (Wildman–Crippen MR) is 68.6 cm³/mol. The van der Waals surface area contributed by atoms with Crippen molar-refractivity contribution in [1.29, 1.82) is 0 Å². The largest absolute Gasteiger partial charge is 0.308 e. The van der Waals surface area contributed by atoms with E-state index < -0.39 is 0 Å². The zero-order valence-electron chi connectivity index (χ0n) is 10.4. The summed E-state index contributed by atoms with van der Waals surface area (Å²) in [4.78, 5) is 18.3. The molecule has 1 aromatic rings. The van der Waals surface area contributed by atoms with Crippen LogP contribution in [0.15, 0.2) is 18.3 Å². The molecule has 98 valence electrons. The van der Waals surface area contributed by atoms with E-state index in [1.54, 1.807) is 18.3 Å². The molecular weight excluding hydrogens is 232 g/mol. The molecule has 1 fully saturated rings. The van der Waals surface area contributed by atoms with Crippen molar-refractivity contribution in [1.82, 2.24) is 20.3 Å². The lowest BCUT2D eigenvalue weighted by molar-refractivity contribution is 0.0663. The molecule has 0 aromatic carbocycles. The second kappa shape index (κ2) is 5.76. The minimum Gasteiger partial charge on any atom is -0.308 e. The third-order valence-electron chi connectivity index (χ3n) is 2.95. The molecule has 0 aliphatic carbocycles. The molecule has 1 aromatic heterocycles. The summed E-state index contributed by atoms with van der Waals surface area (Å²) in [6.07, 6.45) is 1.59. The number of nitrogens with one attached hydrogen (secondary N) is 2. The molecule has 0 atom stereocenters. The first-order valence-corrected chi connectivity index (χ1v) is 5.87. The third-order valence-corrected chi connectivity index (χ3v) is 2.95. The molecule has 18 heavy (non-hydrogen) atoms. The predicted octanol–water partition coefficient (Wildman–Crippen LogP) is -0.741. The van der Waals surface area contributed by atoms with Crippen molar-refractivity contribution in [3.05, 3.63) is 23.9 Å². The summed E-state index contributed by atoms with van der Waals surface area (Å²) in [5, 5.41) is 1.91. The van der Waals surface area contributed by atoms with Crippen LogP contribution in [0.3, 0.4) is 0 Å². The number of nitrogens with two attached hydrogens (primary N) is 1. The van der Waals surface area contributed by atoms with E-state index in [0.717, 1.165) is 26.2 Å². The Balaban J connectivity index is 1.99. The molecule has 0 bridgehead atoms. The van der Waals surface area contributed by atoms with Gasteiger partial charge < -0.3 is 10.3 Å². The molecule has 2 heterocycles. The summed E-state index contributed by atoms with van der Waals surface area (Å²) in [6.45, 7) is 3.51. The molecule has 1 aliphatic rings. The van der Waals surface area contributed by atoms with Crippen molar-refractivity contribution < 1.29 is 4.79 Å². The maximum atomic E-state index is 12.1. The minimum absolute atomic E-state index is 0.194. The lowest BCUT2D eigenvalue weighted by Gasteiger charge is -2.32. The van der Waals surface area contributed by atoms with Crippen LogP contribution in [-0.2, 0) is 0 Å². The van der Waals surface area contributed by atoms with Gasteiger partial charge in [-0.3, -0.25) is 10.2 Å². The average molecular weight is 250 g/mol. The highest BCUT2D eigenvalue weighted by Crippen LogP contribution is 2.09. The van der Waals surface area contributed by atoms with Crippen molar-refractivity contribution in [2.45, 2.75) is 0 Å². The number of nitrogen functional groups attached to an aromatic ring is 1. The molecule has 1 aliphatic heterocycles. The number of likely N-dealkylation sites (N-methyl/N-ethyl adjacent to an activating group) is 1. The highest BCUT2D eigenvalue weighted by Gasteiger charge is 2.18. The summed E-state index contributed by atoms with van der Waals surface area (Å²) in [5.41, 5.74) is 5.73. The van der Waals surface area contributed by atoms with Gasteiger partial charge in [0.15, 0.2) is 5.82 Å². The van der Waals surface area contributed by atoms with E-state index >= 15 is 0 Å². The van der Waals surface area contributed by atoms with Gasteiger partial charge in [0.1, 0.15) is 0 Å². The first-order chi connectivity index (χ1) is 8.70. The number of hydrogen-bond donors (Lipinski definition) is 3. The third kappa shape index (κ3) is 2.95. The van der Waals surface area contributed by atoms with Gasteiger partial charge in [-0.2, -0.15) is 0 Å². The van der Waals surface area contributed by atoms with Crippen LogP contribution >= 0.6 is 0 Å². The summed E-state index contributed by atoms with van der Waals surface area (Å²) >= 11 is 0. The van der Waals surface area contributed by atoms with Crippen LogP contribution in [0.2, 0.25) is 0 Å². The second-order valence-corrected chi connectivity index (χ2v) is 4.28. The maximum absolute atomic E-state index is 12.1. The Morgan fingerprint density at radius 2 is 2.11 bits per heavy atom. The van der Waals surface area contributed by atoms with Gasteiger partial charge in [-0.05, 0) is 19.2 Å². The van der Waals surface area contributed by atoms with Crippen molar-refractivity contribution in [3.8, 4) is 0 Å². The van der Waals surface area contributed by atoms with E-state index in [1.807, 2.05) is 5.01 Å². The fourth-order valence-electron chi connectivity index (χ4n) is 1.83. The van der Waals surface area contributed by atoms with E-state index in [9.17, 15) is 4.79 Å². The normalized spacial score (nSPS) is 17.4. The number of nitrogens with zero attached hydrogens (tertiary/aromatic N) is 3. The zero-order chi connectivity index (χ0) is 13.0. The average Bonchev–Trinajstić information content (AvgIpc) is 2.41. The van der Waals surface area contributed by atoms with E-state index in [2.05, 4.69) is 27.8 Å². The van der Waals surface area contributed by atoms with E-state index in [0.29, 0.717) is 11.4 Å². The van der Waals surface area contributed by atoms with E-state index in [1.165, 1.54) is 0 Å². The van der Waals surface area contributed by atoms with Gasteiger partial charge in [0.25, 0.3) is 5.91 Å². The molecule has 0 spiro atoms. The second-order valence-electron chi connectivity index (χ2n) is 4.28. The molecule has 0 unspecified atom stereocenters. The van der Waals surface area contributed by atoms with Gasteiger partial charge in [-0.1, -0.05) is 0 Å². The first-order valence-electron chi connectivity index (χ1n) is 5.87. The minimum atomic E-state index is -0.194. The number of anilines is 1. The summed E-state index contributed by atoms with van der Waals surface area (Å²) in [5.74, 6) is 5.51. The van der Waals surface area contributed by atoms with Gasteiger partial charge >= 0.3 is 0 Å². The van der Waals surface area contributed by atoms with Gasteiger partial charge in [0.2, 0.25) is 0 Å². The molecule has 1 saturated heterocycles. The number of piperazine rings is 1. The van der Waals surface area contributed by atoms with Crippen molar-refractivity contribution in [2.24, 2.45) is 5.84 Å². The van der Waals surface area contributed by atoms with Crippen molar-refractivity contribution >= 4 is 11.7 Å². The maximum Gasteiger partial charge on any atom is 0.269 e. The SMILES string of the molecule is CN1CCN(NC(=O)c2cccnc2NN)CC1. The Morgan fingerprint density at radius 1 is 1.39 bits per heavy atom.